The number of rotatable bonds is 7. The number of allylic oxidation sites excluding steroid dienone is 1. The van der Waals surface area contributed by atoms with Gasteiger partial charge in [0.2, 0.25) is 5.91 Å². The Hall–Kier alpha value is -2.75. The second-order valence-corrected chi connectivity index (χ2v) is 9.17. The predicted molar refractivity (Wildman–Crippen MR) is 126 cm³/mol. The maximum Gasteiger partial charge on any atom is 0.263 e. The van der Waals surface area contributed by atoms with Gasteiger partial charge >= 0.3 is 0 Å². The molecule has 0 aliphatic heterocycles. The number of carbonyl (C=O) groups is 1. The Morgan fingerprint density at radius 2 is 2.03 bits per heavy atom. The molecule has 30 heavy (non-hydrogen) atoms. The molecule has 0 aliphatic rings. The molecule has 0 atom stereocenters. The maximum absolute atomic E-state index is 12.7. The summed E-state index contributed by atoms with van der Waals surface area (Å²) in [5.74, 6) is -0.0737. The number of amides is 1. The van der Waals surface area contributed by atoms with Gasteiger partial charge in [-0.2, -0.15) is 0 Å². The van der Waals surface area contributed by atoms with Crippen LogP contribution in [0.25, 0.3) is 21.5 Å². The SMILES string of the molecule is C=CCn1c(SCC(=O)Nc2nc(-c3ccc(C)cc3)cs2)nc2sccc2c1=O. The maximum atomic E-state index is 12.7. The molecule has 0 spiro atoms. The first-order valence-corrected chi connectivity index (χ1v) is 11.8. The van der Waals surface area contributed by atoms with Gasteiger partial charge in [-0.25, -0.2) is 9.97 Å². The number of fused-ring (bicyclic) bond motifs is 1. The van der Waals surface area contributed by atoms with E-state index in [4.69, 9.17) is 0 Å². The van der Waals surface area contributed by atoms with Crippen LogP contribution in [-0.4, -0.2) is 26.2 Å². The van der Waals surface area contributed by atoms with Crippen LogP contribution in [0, 0.1) is 6.92 Å². The molecule has 1 amide bonds. The predicted octanol–water partition coefficient (Wildman–Crippen LogP) is 4.81. The van der Waals surface area contributed by atoms with Gasteiger partial charge in [0.25, 0.3) is 5.56 Å². The fourth-order valence-corrected chi connectivity index (χ4v) is 5.15. The quantitative estimate of drug-likeness (QED) is 0.246. The number of thiophene rings is 1. The van der Waals surface area contributed by atoms with E-state index in [1.165, 1.54) is 40.0 Å². The number of nitrogens with zero attached hydrogens (tertiary/aromatic N) is 3. The third kappa shape index (κ3) is 4.38. The van der Waals surface area contributed by atoms with Crippen molar-refractivity contribution >= 4 is 55.7 Å². The number of anilines is 1. The first-order valence-electron chi connectivity index (χ1n) is 9.09. The minimum Gasteiger partial charge on any atom is -0.301 e. The zero-order valence-corrected chi connectivity index (χ0v) is 18.6. The highest BCUT2D eigenvalue weighted by Gasteiger charge is 2.14. The van der Waals surface area contributed by atoms with E-state index in [1.807, 2.05) is 41.9 Å². The molecule has 1 aromatic carbocycles. The Morgan fingerprint density at radius 3 is 2.80 bits per heavy atom. The van der Waals surface area contributed by atoms with Crippen LogP contribution in [0.5, 0.6) is 0 Å². The normalized spacial score (nSPS) is 11.0. The van der Waals surface area contributed by atoms with E-state index in [2.05, 4.69) is 21.9 Å². The van der Waals surface area contributed by atoms with Gasteiger partial charge in [0.05, 0.1) is 16.8 Å². The monoisotopic (exact) mass is 454 g/mol. The van der Waals surface area contributed by atoms with Crippen LogP contribution >= 0.6 is 34.4 Å². The molecule has 6 nitrogen and oxygen atoms in total. The van der Waals surface area contributed by atoms with E-state index in [1.54, 1.807) is 16.7 Å². The number of aromatic nitrogens is 3. The Bertz CT molecular complexity index is 1270. The molecule has 1 N–H and O–H groups in total. The van der Waals surface area contributed by atoms with Crippen LogP contribution < -0.4 is 10.9 Å². The fourth-order valence-electron chi connectivity index (χ4n) is 2.80. The summed E-state index contributed by atoms with van der Waals surface area (Å²) in [6.07, 6.45) is 1.65. The molecule has 0 unspecified atom stereocenters. The van der Waals surface area contributed by atoms with Crippen molar-refractivity contribution in [1.82, 2.24) is 14.5 Å². The Morgan fingerprint density at radius 1 is 1.23 bits per heavy atom. The Labute approximate surface area is 185 Å². The summed E-state index contributed by atoms with van der Waals surface area (Å²) in [6.45, 7) is 6.09. The van der Waals surface area contributed by atoms with Crippen molar-refractivity contribution in [1.29, 1.82) is 0 Å². The van der Waals surface area contributed by atoms with Gasteiger partial charge in [-0.3, -0.25) is 14.2 Å². The topological polar surface area (TPSA) is 76.9 Å². The number of hydrogen-bond donors (Lipinski definition) is 1. The number of benzene rings is 1. The van der Waals surface area contributed by atoms with Gasteiger partial charge in [-0.1, -0.05) is 47.7 Å². The molecular weight excluding hydrogens is 436 g/mol. The molecule has 4 aromatic rings. The lowest BCUT2D eigenvalue weighted by Gasteiger charge is -2.09. The molecule has 4 rings (SSSR count). The lowest BCUT2D eigenvalue weighted by Crippen LogP contribution is -2.23. The lowest BCUT2D eigenvalue weighted by molar-refractivity contribution is -0.113. The van der Waals surface area contributed by atoms with Crippen molar-refractivity contribution in [3.05, 3.63) is 69.7 Å². The first kappa shape index (κ1) is 20.5. The van der Waals surface area contributed by atoms with E-state index in [9.17, 15) is 9.59 Å². The molecular formula is C21H18N4O2S3. The molecule has 0 saturated heterocycles. The standard InChI is InChI=1S/C21H18N4O2S3/c1-3-9-25-19(27)15-8-10-28-18(15)24-21(25)30-12-17(26)23-20-22-16(11-29-20)14-6-4-13(2)5-7-14/h3-8,10-11H,1,9,12H2,2H3,(H,22,23,26). The summed E-state index contributed by atoms with van der Waals surface area (Å²) >= 11 is 4.02. The van der Waals surface area contributed by atoms with Crippen LogP contribution in [0.15, 0.2) is 63.7 Å². The van der Waals surface area contributed by atoms with Crippen molar-refractivity contribution in [3.63, 3.8) is 0 Å². The molecule has 152 valence electrons. The van der Waals surface area contributed by atoms with Crippen LogP contribution in [0.1, 0.15) is 5.56 Å². The van der Waals surface area contributed by atoms with Gasteiger partial charge < -0.3 is 5.32 Å². The molecule has 9 heteroatoms. The Balaban J connectivity index is 1.45. The van der Waals surface area contributed by atoms with Crippen LogP contribution in [0.2, 0.25) is 0 Å². The van der Waals surface area contributed by atoms with Crippen LogP contribution in [-0.2, 0) is 11.3 Å². The smallest absolute Gasteiger partial charge is 0.263 e. The highest BCUT2D eigenvalue weighted by molar-refractivity contribution is 7.99. The second-order valence-electron chi connectivity index (χ2n) is 6.48. The number of thiazole rings is 1. The minimum atomic E-state index is -0.199. The first-order chi connectivity index (χ1) is 14.5. The van der Waals surface area contributed by atoms with Gasteiger partial charge in [-0.15, -0.1) is 29.3 Å². The van der Waals surface area contributed by atoms with Gasteiger partial charge in [0.1, 0.15) is 4.83 Å². The van der Waals surface area contributed by atoms with Gasteiger partial charge in [-0.05, 0) is 18.4 Å². The van der Waals surface area contributed by atoms with Crippen molar-refractivity contribution in [2.24, 2.45) is 0 Å². The lowest BCUT2D eigenvalue weighted by atomic mass is 10.1. The number of aryl methyl sites for hydroxylation is 1. The highest BCUT2D eigenvalue weighted by Crippen LogP contribution is 2.26. The van der Waals surface area contributed by atoms with Crippen molar-refractivity contribution < 1.29 is 4.79 Å². The molecule has 0 fully saturated rings. The van der Waals surface area contributed by atoms with Crippen molar-refractivity contribution in [3.8, 4) is 11.3 Å². The Kier molecular flexibility index (Phi) is 6.12. The molecule has 0 radical (unpaired) electrons. The molecule has 0 saturated carbocycles. The van der Waals surface area contributed by atoms with Crippen molar-refractivity contribution in [2.45, 2.75) is 18.6 Å². The zero-order chi connectivity index (χ0) is 21.1. The summed E-state index contributed by atoms with van der Waals surface area (Å²) in [6, 6.07) is 9.85. The number of nitrogens with one attached hydrogen (secondary N) is 1. The third-order valence-electron chi connectivity index (χ3n) is 4.29. The van der Waals surface area contributed by atoms with Crippen LogP contribution in [0.4, 0.5) is 5.13 Å². The average molecular weight is 455 g/mol. The minimum absolute atomic E-state index is 0.119. The van der Waals surface area contributed by atoms with E-state index in [0.717, 1.165) is 11.3 Å². The van der Waals surface area contributed by atoms with Gasteiger partial charge in [0, 0.05) is 17.5 Å². The number of carbonyl (C=O) groups excluding carboxylic acids is 1. The number of hydrogen-bond acceptors (Lipinski definition) is 7. The van der Waals surface area contributed by atoms with E-state index in [0.29, 0.717) is 27.0 Å². The fraction of sp³-hybridized carbons (Fsp3) is 0.143. The number of thioether (sulfide) groups is 1. The molecule has 0 bridgehead atoms. The zero-order valence-electron chi connectivity index (χ0n) is 16.1. The summed E-state index contributed by atoms with van der Waals surface area (Å²) in [5, 5.41) is 8.22. The van der Waals surface area contributed by atoms with E-state index in [-0.39, 0.29) is 17.2 Å². The van der Waals surface area contributed by atoms with E-state index < -0.39 is 0 Å². The summed E-state index contributed by atoms with van der Waals surface area (Å²) in [7, 11) is 0. The van der Waals surface area contributed by atoms with E-state index >= 15 is 0 Å². The second kappa shape index (κ2) is 8.95. The summed E-state index contributed by atoms with van der Waals surface area (Å²) in [4.78, 5) is 34.8. The summed E-state index contributed by atoms with van der Waals surface area (Å²) < 4.78 is 1.54. The largest absolute Gasteiger partial charge is 0.301 e. The molecule has 3 aromatic heterocycles. The summed E-state index contributed by atoms with van der Waals surface area (Å²) in [5.41, 5.74) is 2.90. The third-order valence-corrected chi connectivity index (χ3v) is 6.83. The van der Waals surface area contributed by atoms with Gasteiger partial charge in [0.15, 0.2) is 10.3 Å². The molecule has 0 aliphatic carbocycles. The molecule has 3 heterocycles. The van der Waals surface area contributed by atoms with Crippen molar-refractivity contribution in [2.75, 3.05) is 11.1 Å². The average Bonchev–Trinajstić information content (AvgIpc) is 3.39. The highest BCUT2D eigenvalue weighted by atomic mass is 32.2. The van der Waals surface area contributed by atoms with Crippen LogP contribution in [0.3, 0.4) is 0 Å².